The van der Waals surface area contributed by atoms with E-state index in [0.717, 1.165) is 0 Å². The number of hydrogen-bond acceptors (Lipinski definition) is 5. The lowest BCUT2D eigenvalue weighted by molar-refractivity contribution is -0.0249. The molecular formula is C10H16N2O4. The van der Waals surface area contributed by atoms with Gasteiger partial charge in [0, 0.05) is 24.7 Å². The van der Waals surface area contributed by atoms with Gasteiger partial charge in [0.05, 0.1) is 12.7 Å². The van der Waals surface area contributed by atoms with Crippen LogP contribution in [0.1, 0.15) is 36.1 Å². The number of imidazole rings is 1. The fourth-order valence-corrected chi connectivity index (χ4v) is 1.37. The zero-order valence-electron chi connectivity index (χ0n) is 9.21. The van der Waals surface area contributed by atoms with Gasteiger partial charge in [-0.25, -0.2) is 4.98 Å². The third kappa shape index (κ3) is 2.66. The van der Waals surface area contributed by atoms with Gasteiger partial charge >= 0.3 is 0 Å². The van der Waals surface area contributed by atoms with E-state index in [1.807, 2.05) is 0 Å². The van der Waals surface area contributed by atoms with Crippen molar-refractivity contribution in [2.75, 3.05) is 6.61 Å². The van der Waals surface area contributed by atoms with E-state index in [2.05, 4.69) is 9.97 Å². The smallest absolute Gasteiger partial charge is 0.194 e. The first-order valence-electron chi connectivity index (χ1n) is 5.00. The maximum atomic E-state index is 11.0. The average Bonchev–Trinajstić information content (AvgIpc) is 2.75. The molecule has 0 saturated heterocycles. The van der Waals surface area contributed by atoms with Crippen LogP contribution < -0.4 is 0 Å². The van der Waals surface area contributed by atoms with E-state index in [0.29, 0.717) is 5.69 Å². The Morgan fingerprint density at radius 2 is 2.19 bits per heavy atom. The Morgan fingerprint density at radius 1 is 1.56 bits per heavy atom. The summed E-state index contributed by atoms with van der Waals surface area (Å²) in [5.41, 5.74) is 0.546. The highest BCUT2D eigenvalue weighted by Gasteiger charge is 2.25. The van der Waals surface area contributed by atoms with Gasteiger partial charge in [-0.05, 0) is 0 Å². The van der Waals surface area contributed by atoms with Crippen LogP contribution >= 0.6 is 0 Å². The van der Waals surface area contributed by atoms with Crippen molar-refractivity contribution >= 4 is 5.78 Å². The van der Waals surface area contributed by atoms with Crippen molar-refractivity contribution in [3.8, 4) is 0 Å². The van der Waals surface area contributed by atoms with Crippen LogP contribution in [-0.2, 0) is 0 Å². The molecule has 3 atom stereocenters. The Bertz CT molecular complexity index is 363. The van der Waals surface area contributed by atoms with Crippen molar-refractivity contribution in [1.82, 2.24) is 9.97 Å². The second kappa shape index (κ2) is 5.20. The molecule has 0 amide bonds. The molecule has 0 aliphatic rings. The summed E-state index contributed by atoms with van der Waals surface area (Å²) in [5, 5.41) is 27.6. The van der Waals surface area contributed by atoms with E-state index < -0.39 is 24.7 Å². The predicted octanol–water partition coefficient (Wildman–Crippen LogP) is -0.570. The number of Topliss-reactive ketones (excluding diaryl/α,β-unsaturated/α-hetero) is 1. The summed E-state index contributed by atoms with van der Waals surface area (Å²) in [7, 11) is 0. The van der Waals surface area contributed by atoms with Crippen LogP contribution in [0.3, 0.4) is 0 Å². The molecule has 0 saturated carbocycles. The molecule has 0 aliphatic heterocycles. The summed E-state index contributed by atoms with van der Waals surface area (Å²) < 4.78 is 0. The number of aromatic amines is 1. The molecule has 4 N–H and O–H groups in total. The maximum absolute atomic E-state index is 11.0. The van der Waals surface area contributed by atoms with Crippen LogP contribution in [0.25, 0.3) is 0 Å². The number of aliphatic hydroxyl groups is 3. The average molecular weight is 228 g/mol. The zero-order valence-corrected chi connectivity index (χ0v) is 9.21. The Kier molecular flexibility index (Phi) is 4.17. The van der Waals surface area contributed by atoms with Crippen molar-refractivity contribution in [2.24, 2.45) is 0 Å². The summed E-state index contributed by atoms with van der Waals surface area (Å²) in [4.78, 5) is 17.6. The molecule has 0 aliphatic carbocycles. The molecule has 1 aromatic heterocycles. The number of ketones is 1. The third-order valence-electron chi connectivity index (χ3n) is 2.51. The van der Waals surface area contributed by atoms with E-state index in [-0.39, 0.29) is 11.6 Å². The van der Waals surface area contributed by atoms with Gasteiger partial charge in [-0.15, -0.1) is 0 Å². The molecule has 0 radical (unpaired) electrons. The van der Waals surface area contributed by atoms with Gasteiger partial charge in [0.2, 0.25) is 0 Å². The monoisotopic (exact) mass is 228 g/mol. The molecule has 1 aromatic rings. The number of H-pyrrole nitrogens is 1. The molecule has 1 rings (SSSR count). The highest BCUT2D eigenvalue weighted by Crippen LogP contribution is 2.19. The lowest BCUT2D eigenvalue weighted by Gasteiger charge is -2.21. The fraction of sp³-hybridized carbons (Fsp3) is 0.600. The van der Waals surface area contributed by atoms with Crippen molar-refractivity contribution in [2.45, 2.75) is 32.0 Å². The normalized spacial score (nSPS) is 16.8. The van der Waals surface area contributed by atoms with Crippen LogP contribution in [-0.4, -0.2) is 49.9 Å². The number of carbonyl (C=O) groups excluding carboxylic acids is 1. The van der Waals surface area contributed by atoms with Crippen molar-refractivity contribution < 1.29 is 20.1 Å². The number of nitrogens with one attached hydrogen (secondary N) is 1. The molecule has 0 unspecified atom stereocenters. The van der Waals surface area contributed by atoms with E-state index in [9.17, 15) is 15.0 Å². The van der Waals surface area contributed by atoms with Gasteiger partial charge in [-0.2, -0.15) is 0 Å². The topological polar surface area (TPSA) is 106 Å². The molecule has 1 heterocycles. The van der Waals surface area contributed by atoms with Crippen LogP contribution in [0.4, 0.5) is 0 Å². The third-order valence-corrected chi connectivity index (χ3v) is 2.51. The molecule has 6 heteroatoms. The Balaban J connectivity index is 2.79. The molecule has 0 bridgehead atoms. The van der Waals surface area contributed by atoms with Gasteiger partial charge in [-0.1, -0.05) is 6.92 Å². The number of aliphatic hydroxyl groups excluding tert-OH is 3. The standard InChI is InChI=1S/C10H16N2O4/c1-5(9(16)8(15)4-13)7-3-11-10(12-7)6(2)14/h3,5,8-9,13,15-16H,4H2,1-2H3,(H,11,12)/t5-,8-,9+/m1/s1. The Morgan fingerprint density at radius 3 is 2.62 bits per heavy atom. The van der Waals surface area contributed by atoms with Gasteiger partial charge in [-0.3, -0.25) is 4.79 Å². The number of aromatic nitrogens is 2. The van der Waals surface area contributed by atoms with E-state index in [1.54, 1.807) is 6.92 Å². The lowest BCUT2D eigenvalue weighted by Crippen LogP contribution is -2.33. The van der Waals surface area contributed by atoms with E-state index >= 15 is 0 Å². The zero-order chi connectivity index (χ0) is 12.3. The quantitative estimate of drug-likeness (QED) is 0.505. The molecule has 0 aromatic carbocycles. The second-order valence-corrected chi connectivity index (χ2v) is 3.77. The largest absolute Gasteiger partial charge is 0.394 e. The minimum Gasteiger partial charge on any atom is -0.394 e. The second-order valence-electron chi connectivity index (χ2n) is 3.77. The summed E-state index contributed by atoms with van der Waals surface area (Å²) in [5.74, 6) is -0.425. The summed E-state index contributed by atoms with van der Waals surface area (Å²) in [6, 6.07) is 0. The first-order valence-corrected chi connectivity index (χ1v) is 5.00. The highest BCUT2D eigenvalue weighted by atomic mass is 16.4. The number of hydrogen-bond donors (Lipinski definition) is 4. The minimum absolute atomic E-state index is 0.198. The first-order chi connectivity index (χ1) is 7.47. The summed E-state index contributed by atoms with van der Waals surface area (Å²) in [6.45, 7) is 2.53. The number of nitrogens with zero attached hydrogens (tertiary/aromatic N) is 1. The summed E-state index contributed by atoms with van der Waals surface area (Å²) >= 11 is 0. The van der Waals surface area contributed by atoms with Crippen LogP contribution in [0.2, 0.25) is 0 Å². The molecule has 6 nitrogen and oxygen atoms in total. The molecular weight excluding hydrogens is 212 g/mol. The Hall–Kier alpha value is -1.24. The molecule has 16 heavy (non-hydrogen) atoms. The minimum atomic E-state index is -1.21. The van der Waals surface area contributed by atoms with Crippen molar-refractivity contribution in [1.29, 1.82) is 0 Å². The van der Waals surface area contributed by atoms with E-state index in [4.69, 9.17) is 5.11 Å². The van der Waals surface area contributed by atoms with Crippen LogP contribution in [0, 0.1) is 0 Å². The van der Waals surface area contributed by atoms with Gasteiger partial charge < -0.3 is 20.3 Å². The Labute approximate surface area is 93.0 Å². The SMILES string of the molecule is CC(=O)c1ncc([C@@H](C)[C@H](O)[C@H](O)CO)[nH]1. The number of carbonyl (C=O) groups is 1. The summed E-state index contributed by atoms with van der Waals surface area (Å²) in [6.07, 6.45) is -0.876. The maximum Gasteiger partial charge on any atom is 0.194 e. The van der Waals surface area contributed by atoms with Crippen LogP contribution in [0.15, 0.2) is 6.20 Å². The van der Waals surface area contributed by atoms with Crippen molar-refractivity contribution in [3.63, 3.8) is 0 Å². The lowest BCUT2D eigenvalue weighted by atomic mass is 9.97. The molecule has 90 valence electrons. The van der Waals surface area contributed by atoms with Crippen LogP contribution in [0.5, 0.6) is 0 Å². The van der Waals surface area contributed by atoms with Gasteiger partial charge in [0.1, 0.15) is 6.10 Å². The number of rotatable bonds is 5. The van der Waals surface area contributed by atoms with Gasteiger partial charge in [0.15, 0.2) is 11.6 Å². The molecule has 0 spiro atoms. The highest BCUT2D eigenvalue weighted by molar-refractivity contribution is 5.90. The predicted molar refractivity (Wildman–Crippen MR) is 56.1 cm³/mol. The first kappa shape index (κ1) is 12.8. The fourth-order valence-electron chi connectivity index (χ4n) is 1.37. The van der Waals surface area contributed by atoms with E-state index in [1.165, 1.54) is 13.1 Å². The molecule has 0 fully saturated rings. The van der Waals surface area contributed by atoms with Gasteiger partial charge in [0.25, 0.3) is 0 Å². The van der Waals surface area contributed by atoms with Crippen molar-refractivity contribution in [3.05, 3.63) is 17.7 Å².